The fourth-order valence-corrected chi connectivity index (χ4v) is 14.1. The van der Waals surface area contributed by atoms with Gasteiger partial charge in [0.15, 0.2) is 22.3 Å². The van der Waals surface area contributed by atoms with Crippen LogP contribution >= 0.6 is 0 Å². The van der Waals surface area contributed by atoms with Crippen molar-refractivity contribution in [2.45, 2.75) is 149 Å². The summed E-state index contributed by atoms with van der Waals surface area (Å²) in [6, 6.07) is 68.3. The van der Waals surface area contributed by atoms with Crippen LogP contribution in [0.1, 0.15) is 141 Å². The van der Waals surface area contributed by atoms with E-state index in [-0.39, 0.29) is 648 Å². The molecule has 0 atom stereocenters. The molecule has 8 nitrogen and oxygen atoms in total. The van der Waals surface area contributed by atoms with Gasteiger partial charge < -0.3 is 94.8 Å². The van der Waals surface area contributed by atoms with Crippen molar-refractivity contribution in [3.63, 3.8) is 0 Å². The van der Waals surface area contributed by atoms with Crippen LogP contribution in [0.3, 0.4) is 0 Å². The Bertz CT molecular complexity index is 6300. The van der Waals surface area contributed by atoms with Gasteiger partial charge in [-0.2, -0.15) is 0 Å². The molecule has 0 bridgehead atoms. The number of benzene rings is 12. The molecule has 0 N–H and O–H groups in total. The third kappa shape index (κ3) is 37.2. The van der Waals surface area contributed by atoms with Crippen molar-refractivity contribution in [1.29, 1.82) is 0 Å². The summed E-state index contributed by atoms with van der Waals surface area (Å²) in [6.45, 7) is 33.3. The molecule has 12 aromatic carbocycles. The Hall–Kier alpha value is 8.91. The van der Waals surface area contributed by atoms with Crippen LogP contribution in [0.2, 0.25) is 0 Å². The Morgan fingerprint density at radius 1 is 0.148 bits per heavy atom. The summed E-state index contributed by atoms with van der Waals surface area (Å²) < 4.78 is 48.7. The normalized spacial score (nSPS) is 9.06. The largest absolute Gasteiger partial charge is 0.456 e. The quantitative estimate of drug-likeness (QED) is 0.152. The van der Waals surface area contributed by atoms with Gasteiger partial charge in [-0.15, -0.1) is 0 Å². The van der Waals surface area contributed by atoms with E-state index in [0.29, 0.717) is 0 Å². The molecule has 0 saturated heterocycles. The maximum Gasteiger partial charge on any atom is 0.178 e. The third-order valence-electron chi connectivity index (χ3n) is 19.4. The summed E-state index contributed by atoms with van der Waals surface area (Å²) in [7, 11) is 0. The Kier molecular flexibility index (Phi) is 106. The van der Waals surface area contributed by atoms with Crippen molar-refractivity contribution >= 4 is 176 Å². The van der Waals surface area contributed by atoms with Crippen LogP contribution in [0.4, 0.5) is 0 Å². The average Bonchev–Trinajstić information content (AvgIpc) is 1.58. The van der Waals surface area contributed by atoms with E-state index in [1.54, 1.807) is 0 Å². The maximum absolute atomic E-state index is 6.16. The van der Waals surface area contributed by atoms with E-state index in [4.69, 9.17) is 35.3 Å². The van der Waals surface area contributed by atoms with Gasteiger partial charge in [0.1, 0.15) is 67.0 Å². The van der Waals surface area contributed by atoms with Gasteiger partial charge in [0, 0.05) is 687 Å². The Balaban J connectivity index is -0.000000103. The standard InChI is InChI=1S/2C22H18O2.2C21H16O2.4C2H6.8CH3.18Y/c1-3-13-5-9-19-17(11-13)15-7-8-16-18-12-14(4-2)6-10-20(18)24-22(16)21(15)23-19;1-3-13-5-7-19-15(9-13)17-11-18-16-10-14(4-2)6-8-20(16)24-22(18)12-21(17)23-19;1-3-13-5-9-19-17(11-13)15-7-6-14-16-10-12(2)4-8-18(16)22-20(14)21(15)23-19;1-3-13-5-7-19-15(9-13)17-10-16-14-8-12(2)4-6-18(14)22-20(16)11-21(17)23-19;4*1-2;;;;;;;;;;;;;;;;;;;;;;;;;;/h2*5-12H,3-4H2,1-2H3;2*4-11H,3H2,1-2H3;4*1-2H3;8*1H3;;;;;;;;;;;;;;;;;;/q;;;;;;;;8*-1;;;;;;;;;;;;;;;;;;. The van der Waals surface area contributed by atoms with Crippen molar-refractivity contribution in [2.75, 3.05) is 0 Å². The summed E-state index contributed by atoms with van der Waals surface area (Å²) >= 11 is 0. The molecule has 8 heterocycles. The minimum Gasteiger partial charge on any atom is -0.456 e. The summed E-state index contributed by atoms with van der Waals surface area (Å²) in [5.74, 6) is 0. The minimum absolute atomic E-state index is 0. The second-order valence-corrected chi connectivity index (χ2v) is 25.2. The molecule has 20 aromatic rings. The van der Waals surface area contributed by atoms with Crippen LogP contribution in [0, 0.1) is 73.3 Å². The minimum atomic E-state index is 0. The van der Waals surface area contributed by atoms with E-state index in [2.05, 4.69) is 225 Å². The first-order chi connectivity index (χ1) is 50.0. The van der Waals surface area contributed by atoms with Crippen molar-refractivity contribution in [3.8, 4) is 0 Å². The monoisotopic (exact) mass is 3070 g/mol. The van der Waals surface area contributed by atoms with Crippen LogP contribution in [0.15, 0.2) is 229 Å². The van der Waals surface area contributed by atoms with Gasteiger partial charge in [0.05, 0.1) is 0 Å². The molecule has 0 spiro atoms. The smallest absolute Gasteiger partial charge is 0.178 e. The SMILES string of the molecule is CC.CC.CC.CC.CCc1ccc2oc3c(ccc4c5cc(C)ccc5oc43)c2c1.CCc1ccc2oc3c(ccc4c5cc(CC)ccc5oc43)c2c1.CCc1ccc2oc3cc4oc5ccc(C)cc5c4cc3c2c1.CCc1ccc2oc3cc4oc5ccc(CC)cc5c4cc3c2c1.[CH3-].[CH3-].[CH3-].[CH3-].[CH3-].[CH3-].[CH3-].[CH3-].[Y].[Y].[Y].[Y].[Y].[Y].[Y].[Y].[Y].[Y].[Y].[Y].[Y].[Y].[Y].[Y].[Y].[Y]. The van der Waals surface area contributed by atoms with E-state index in [0.717, 1.165) is 182 Å². The van der Waals surface area contributed by atoms with E-state index in [9.17, 15) is 0 Å². The summed E-state index contributed by atoms with van der Waals surface area (Å²) in [4.78, 5) is 0. The summed E-state index contributed by atoms with van der Waals surface area (Å²) in [6.07, 6.45) is 6.15. The second-order valence-electron chi connectivity index (χ2n) is 25.2. The Morgan fingerprint density at radius 3 is 0.469 bits per heavy atom. The first-order valence-corrected chi connectivity index (χ1v) is 37.2. The number of rotatable bonds is 6. The van der Waals surface area contributed by atoms with Crippen LogP contribution in [0.5, 0.6) is 0 Å². The number of hydrogen-bond donors (Lipinski definition) is 0. The molecule has 0 amide bonds. The second kappa shape index (κ2) is 80.9. The molecule has 0 aliphatic rings. The fourth-order valence-electron chi connectivity index (χ4n) is 14.1. The first-order valence-electron chi connectivity index (χ1n) is 37.2. The molecular weight excluding hydrogens is 2950 g/mol. The molecule has 0 saturated carbocycles. The zero-order valence-corrected chi connectivity index (χ0v) is 131. The third-order valence-corrected chi connectivity index (χ3v) is 19.4. The zero-order chi connectivity index (χ0) is 71.6. The van der Waals surface area contributed by atoms with Crippen molar-refractivity contribution in [3.05, 3.63) is 298 Å². The van der Waals surface area contributed by atoms with Crippen LogP contribution in [0.25, 0.3) is 176 Å². The van der Waals surface area contributed by atoms with Gasteiger partial charge in [-0.1, -0.05) is 157 Å². The van der Waals surface area contributed by atoms with Crippen LogP contribution in [-0.2, 0) is 627 Å². The molecule has 0 aliphatic carbocycles. The first kappa shape index (κ1) is 167. The molecule has 0 aliphatic heterocycles. The number of hydrogen-bond acceptors (Lipinski definition) is 8. The Morgan fingerprint density at radius 2 is 0.289 bits per heavy atom. The van der Waals surface area contributed by atoms with E-state index in [1.165, 1.54) is 76.8 Å². The van der Waals surface area contributed by atoms with E-state index in [1.807, 2.05) is 79.7 Å². The molecule has 26 heteroatoms. The van der Waals surface area contributed by atoms with Gasteiger partial charge in [-0.05, 0) is 219 Å². The molecular formula is C102H116O8Y18-8. The van der Waals surface area contributed by atoms with E-state index < -0.39 is 0 Å². The summed E-state index contributed by atoms with van der Waals surface area (Å²) in [5.41, 5.74) is 24.8. The topological polar surface area (TPSA) is 105 Å². The van der Waals surface area contributed by atoms with E-state index >= 15 is 0 Å². The zero-order valence-electron chi connectivity index (χ0n) is 80.4. The van der Waals surface area contributed by atoms with Gasteiger partial charge in [0.25, 0.3) is 0 Å². The van der Waals surface area contributed by atoms with Crippen LogP contribution in [-0.4, -0.2) is 0 Å². The van der Waals surface area contributed by atoms with Crippen LogP contribution < -0.4 is 0 Å². The molecule has 0 fully saturated rings. The molecule has 18 radical (unpaired) electrons. The van der Waals surface area contributed by atoms with Gasteiger partial charge in [0.2, 0.25) is 0 Å². The predicted octanol–water partition coefficient (Wildman–Crippen LogP) is 33.6. The van der Waals surface area contributed by atoms with Gasteiger partial charge in [-0.25, -0.2) is 0 Å². The molecule has 128 heavy (non-hydrogen) atoms. The van der Waals surface area contributed by atoms with Crippen molar-refractivity contribution in [1.82, 2.24) is 0 Å². The molecule has 20 rings (SSSR count). The van der Waals surface area contributed by atoms with Gasteiger partial charge in [-0.3, -0.25) is 0 Å². The van der Waals surface area contributed by atoms with Crippen molar-refractivity contribution < 1.29 is 624 Å². The number of fused-ring (bicyclic) bond motifs is 26. The maximum atomic E-state index is 6.16. The van der Waals surface area contributed by atoms with Gasteiger partial charge >= 0.3 is 0 Å². The summed E-state index contributed by atoms with van der Waals surface area (Å²) in [5, 5.41) is 18.5. The number of furan rings is 8. The predicted molar refractivity (Wildman–Crippen MR) is 486 cm³/mol. The molecule has 0 unspecified atom stereocenters. The Labute approximate surface area is 1220 Å². The van der Waals surface area contributed by atoms with Crippen molar-refractivity contribution in [2.24, 2.45) is 0 Å². The fraction of sp³-hybridized carbons (Fsp3) is 0.216. The molecule has 634 valence electrons. The average molecular weight is 3070 g/mol. The number of aryl methyl sites for hydroxylation is 8. The molecule has 8 aromatic heterocycles.